The van der Waals surface area contributed by atoms with Gasteiger partial charge < -0.3 is 0 Å². The fourth-order valence-corrected chi connectivity index (χ4v) is 3.65. The molecule has 0 radical (unpaired) electrons. The Bertz CT molecular complexity index is 598. The first kappa shape index (κ1) is 14.0. The lowest BCUT2D eigenvalue weighted by Crippen LogP contribution is -2.30. The minimum atomic E-state index is -3.59. The average Bonchev–Trinajstić information content (AvgIpc) is 3.17. The maximum atomic E-state index is 12.2. The van der Waals surface area contributed by atoms with E-state index < -0.39 is 10.0 Å². The van der Waals surface area contributed by atoms with Gasteiger partial charge in [0.1, 0.15) is 6.07 Å². The number of nitrogens with zero attached hydrogens (tertiary/aromatic N) is 1. The first-order valence-electron chi connectivity index (χ1n) is 6.52. The van der Waals surface area contributed by atoms with E-state index in [-0.39, 0.29) is 15.9 Å². The Morgan fingerprint density at radius 2 is 2.05 bits per heavy atom. The van der Waals surface area contributed by atoms with Crippen LogP contribution >= 0.6 is 0 Å². The molecule has 1 N–H and O–H groups in total. The van der Waals surface area contributed by atoms with Crippen LogP contribution in [0.5, 0.6) is 0 Å². The third kappa shape index (κ3) is 3.14. The molecule has 102 valence electrons. The Labute approximate surface area is 114 Å². The molecule has 0 saturated heterocycles. The Kier molecular flexibility index (Phi) is 3.93. The smallest absolute Gasteiger partial charge is 0.211 e. The molecular formula is C14H18N2O2S. The van der Waals surface area contributed by atoms with Crippen LogP contribution in [0.3, 0.4) is 0 Å². The van der Waals surface area contributed by atoms with Crippen LogP contribution < -0.4 is 4.72 Å². The minimum absolute atomic E-state index is 0.0739. The number of sulfonamides is 1. The summed E-state index contributed by atoms with van der Waals surface area (Å²) < 4.78 is 27.1. The summed E-state index contributed by atoms with van der Waals surface area (Å²) in [7, 11) is -3.59. The van der Waals surface area contributed by atoms with E-state index in [4.69, 9.17) is 5.26 Å². The topological polar surface area (TPSA) is 70.0 Å². The van der Waals surface area contributed by atoms with Gasteiger partial charge in [-0.05, 0) is 36.8 Å². The summed E-state index contributed by atoms with van der Waals surface area (Å²) in [5.74, 6) is 0. The fraction of sp³-hybridized carbons (Fsp3) is 0.500. The van der Waals surface area contributed by atoms with Gasteiger partial charge in [-0.25, -0.2) is 13.1 Å². The van der Waals surface area contributed by atoms with Gasteiger partial charge >= 0.3 is 0 Å². The molecule has 1 aliphatic rings. The lowest BCUT2D eigenvalue weighted by molar-refractivity contribution is 0.449. The summed E-state index contributed by atoms with van der Waals surface area (Å²) in [6.07, 6.45) is 4.29. The predicted octanol–water partition coefficient (Wildman–Crippen LogP) is 2.42. The molecular weight excluding hydrogens is 260 g/mol. The second-order valence-corrected chi connectivity index (χ2v) is 6.92. The standard InChI is InChI=1S/C14H18N2O2S/c1-2-7-14(8-9-14)11-16-19(17,18)13-6-4-3-5-12(13)10-15/h3-6,16H,2,7-9,11H2,1H3. The minimum Gasteiger partial charge on any atom is -0.211 e. The van der Waals surface area contributed by atoms with Gasteiger partial charge in [-0.2, -0.15) is 5.26 Å². The molecule has 5 heteroatoms. The summed E-state index contributed by atoms with van der Waals surface area (Å²) in [6.45, 7) is 2.59. The highest BCUT2D eigenvalue weighted by Crippen LogP contribution is 2.49. The highest BCUT2D eigenvalue weighted by Gasteiger charge is 2.42. The van der Waals surface area contributed by atoms with Crippen LogP contribution in [-0.2, 0) is 10.0 Å². The van der Waals surface area contributed by atoms with E-state index in [9.17, 15) is 8.42 Å². The second-order valence-electron chi connectivity index (χ2n) is 5.18. The van der Waals surface area contributed by atoms with E-state index in [0.29, 0.717) is 6.54 Å². The zero-order valence-corrected chi connectivity index (χ0v) is 11.8. The number of hydrogen-bond acceptors (Lipinski definition) is 3. The number of benzene rings is 1. The molecule has 2 rings (SSSR count). The molecule has 4 nitrogen and oxygen atoms in total. The van der Waals surface area contributed by atoms with Crippen molar-refractivity contribution in [3.05, 3.63) is 29.8 Å². The van der Waals surface area contributed by atoms with Gasteiger partial charge in [-0.3, -0.25) is 0 Å². The number of rotatable bonds is 6. The van der Waals surface area contributed by atoms with Crippen LogP contribution in [0.25, 0.3) is 0 Å². The highest BCUT2D eigenvalue weighted by atomic mass is 32.2. The number of hydrogen-bond donors (Lipinski definition) is 1. The van der Waals surface area contributed by atoms with Gasteiger partial charge in [0.2, 0.25) is 10.0 Å². The molecule has 0 bridgehead atoms. The van der Waals surface area contributed by atoms with E-state index in [1.54, 1.807) is 12.1 Å². The normalized spacial score (nSPS) is 16.8. The molecule has 1 saturated carbocycles. The fourth-order valence-electron chi connectivity index (χ4n) is 2.34. The number of nitrogens with one attached hydrogen (secondary N) is 1. The van der Waals surface area contributed by atoms with Crippen molar-refractivity contribution in [1.82, 2.24) is 4.72 Å². The molecule has 0 amide bonds. The molecule has 0 aromatic heterocycles. The third-order valence-corrected chi connectivity index (χ3v) is 5.13. The number of nitriles is 1. The van der Waals surface area contributed by atoms with Crippen LogP contribution in [0, 0.1) is 16.7 Å². The summed E-state index contributed by atoms with van der Waals surface area (Å²) in [5, 5.41) is 8.96. The maximum absolute atomic E-state index is 12.2. The molecule has 0 unspecified atom stereocenters. The van der Waals surface area contributed by atoms with Crippen LogP contribution in [0.15, 0.2) is 29.2 Å². The van der Waals surface area contributed by atoms with Crippen LogP contribution in [0.1, 0.15) is 38.2 Å². The van der Waals surface area contributed by atoms with E-state index >= 15 is 0 Å². The van der Waals surface area contributed by atoms with Crippen molar-refractivity contribution in [2.24, 2.45) is 5.41 Å². The Morgan fingerprint density at radius 1 is 1.37 bits per heavy atom. The van der Waals surface area contributed by atoms with Gasteiger partial charge in [-0.15, -0.1) is 0 Å². The van der Waals surface area contributed by atoms with Crippen molar-refractivity contribution < 1.29 is 8.42 Å². The Morgan fingerprint density at radius 3 is 2.63 bits per heavy atom. The summed E-state index contributed by atoms with van der Waals surface area (Å²) in [4.78, 5) is 0.0739. The monoisotopic (exact) mass is 278 g/mol. The van der Waals surface area contributed by atoms with Crippen molar-refractivity contribution in [3.63, 3.8) is 0 Å². The third-order valence-electron chi connectivity index (χ3n) is 3.67. The summed E-state index contributed by atoms with van der Waals surface area (Å²) in [5.41, 5.74) is 0.346. The Balaban J connectivity index is 2.13. The van der Waals surface area contributed by atoms with E-state index in [1.807, 2.05) is 6.07 Å². The molecule has 1 aromatic carbocycles. The van der Waals surface area contributed by atoms with Gasteiger partial charge in [-0.1, -0.05) is 25.5 Å². The van der Waals surface area contributed by atoms with Crippen molar-refractivity contribution in [3.8, 4) is 6.07 Å². The zero-order chi connectivity index (χ0) is 13.9. The van der Waals surface area contributed by atoms with Crippen LogP contribution in [0.2, 0.25) is 0 Å². The Hall–Kier alpha value is -1.38. The molecule has 1 fully saturated rings. The van der Waals surface area contributed by atoms with Gasteiger partial charge in [0.05, 0.1) is 10.5 Å². The lowest BCUT2D eigenvalue weighted by Gasteiger charge is -2.15. The van der Waals surface area contributed by atoms with Crippen molar-refractivity contribution >= 4 is 10.0 Å². The van der Waals surface area contributed by atoms with Gasteiger partial charge in [0, 0.05) is 6.54 Å². The summed E-state index contributed by atoms with van der Waals surface area (Å²) >= 11 is 0. The SMILES string of the molecule is CCCC1(CNS(=O)(=O)c2ccccc2C#N)CC1. The molecule has 0 heterocycles. The van der Waals surface area contributed by atoms with Gasteiger partial charge in [0.15, 0.2) is 0 Å². The first-order chi connectivity index (χ1) is 9.03. The van der Waals surface area contributed by atoms with Crippen molar-refractivity contribution in [2.75, 3.05) is 6.54 Å². The predicted molar refractivity (Wildman–Crippen MR) is 72.9 cm³/mol. The average molecular weight is 278 g/mol. The van der Waals surface area contributed by atoms with Crippen LogP contribution in [-0.4, -0.2) is 15.0 Å². The second kappa shape index (κ2) is 5.32. The molecule has 0 atom stereocenters. The molecule has 19 heavy (non-hydrogen) atoms. The van der Waals surface area contributed by atoms with E-state index in [2.05, 4.69) is 11.6 Å². The van der Waals surface area contributed by atoms with Gasteiger partial charge in [0.25, 0.3) is 0 Å². The van der Waals surface area contributed by atoms with E-state index in [1.165, 1.54) is 12.1 Å². The zero-order valence-electron chi connectivity index (χ0n) is 11.0. The summed E-state index contributed by atoms with van der Waals surface area (Å²) in [6, 6.07) is 8.21. The highest BCUT2D eigenvalue weighted by molar-refractivity contribution is 7.89. The maximum Gasteiger partial charge on any atom is 0.241 e. The largest absolute Gasteiger partial charge is 0.241 e. The molecule has 0 spiro atoms. The molecule has 1 aromatic rings. The van der Waals surface area contributed by atoms with Crippen LogP contribution in [0.4, 0.5) is 0 Å². The van der Waals surface area contributed by atoms with Crippen molar-refractivity contribution in [1.29, 1.82) is 5.26 Å². The van der Waals surface area contributed by atoms with Crippen molar-refractivity contribution in [2.45, 2.75) is 37.5 Å². The van der Waals surface area contributed by atoms with E-state index in [0.717, 1.165) is 25.7 Å². The molecule has 1 aliphatic carbocycles. The lowest BCUT2D eigenvalue weighted by atomic mass is 10.0. The first-order valence-corrected chi connectivity index (χ1v) is 8.00. The molecule has 0 aliphatic heterocycles. The quantitative estimate of drug-likeness (QED) is 0.868.